The monoisotopic (exact) mass is 276 g/mol. The number of ketones is 1. The summed E-state index contributed by atoms with van der Waals surface area (Å²) in [6, 6.07) is 0. The molecule has 20 heavy (non-hydrogen) atoms. The first-order valence-corrected chi connectivity index (χ1v) is 8.92. The SMILES string of the molecule is CCC(C)C1CCC(C(=O)C=CC2CCCCC2)CC1. The van der Waals surface area contributed by atoms with Gasteiger partial charge in [-0.05, 0) is 62.4 Å². The van der Waals surface area contributed by atoms with Gasteiger partial charge in [-0.3, -0.25) is 4.79 Å². The van der Waals surface area contributed by atoms with E-state index in [9.17, 15) is 4.79 Å². The van der Waals surface area contributed by atoms with Crippen molar-refractivity contribution in [1.29, 1.82) is 0 Å². The van der Waals surface area contributed by atoms with Gasteiger partial charge in [0.2, 0.25) is 0 Å². The van der Waals surface area contributed by atoms with Crippen LogP contribution in [0.4, 0.5) is 0 Å². The highest BCUT2D eigenvalue weighted by molar-refractivity contribution is 5.91. The first kappa shape index (κ1) is 15.8. The highest BCUT2D eigenvalue weighted by Gasteiger charge is 2.27. The van der Waals surface area contributed by atoms with Crippen LogP contribution in [0.2, 0.25) is 0 Å². The molecular weight excluding hydrogens is 244 g/mol. The standard InChI is InChI=1S/C19H32O/c1-3-15(2)17-10-12-18(13-11-17)19(20)14-9-16-7-5-4-6-8-16/h9,14-18H,3-8,10-13H2,1-2H3. The fourth-order valence-corrected chi connectivity index (χ4v) is 4.00. The van der Waals surface area contributed by atoms with Crippen LogP contribution in [0.15, 0.2) is 12.2 Å². The molecule has 0 heterocycles. The van der Waals surface area contributed by atoms with Gasteiger partial charge in [0.15, 0.2) is 5.78 Å². The van der Waals surface area contributed by atoms with Crippen molar-refractivity contribution in [2.75, 3.05) is 0 Å². The molecule has 0 spiro atoms. The van der Waals surface area contributed by atoms with Crippen molar-refractivity contribution in [1.82, 2.24) is 0 Å². The van der Waals surface area contributed by atoms with E-state index in [2.05, 4.69) is 19.9 Å². The van der Waals surface area contributed by atoms with Gasteiger partial charge in [0, 0.05) is 5.92 Å². The maximum Gasteiger partial charge on any atom is 0.158 e. The maximum absolute atomic E-state index is 12.3. The quantitative estimate of drug-likeness (QED) is 0.602. The molecule has 0 aromatic carbocycles. The summed E-state index contributed by atoms with van der Waals surface area (Å²) in [5.41, 5.74) is 0. The minimum atomic E-state index is 0.329. The molecule has 2 rings (SSSR count). The second-order valence-electron chi connectivity index (χ2n) is 7.16. The first-order valence-electron chi connectivity index (χ1n) is 8.92. The third-order valence-corrected chi connectivity index (χ3v) is 5.81. The summed E-state index contributed by atoms with van der Waals surface area (Å²) in [7, 11) is 0. The van der Waals surface area contributed by atoms with Gasteiger partial charge in [-0.15, -0.1) is 0 Å². The normalized spacial score (nSPS) is 30.5. The highest BCUT2D eigenvalue weighted by atomic mass is 16.1. The summed E-state index contributed by atoms with van der Waals surface area (Å²) < 4.78 is 0. The average Bonchev–Trinajstić information content (AvgIpc) is 2.53. The Morgan fingerprint density at radius 3 is 2.30 bits per heavy atom. The fraction of sp³-hybridized carbons (Fsp3) is 0.842. The van der Waals surface area contributed by atoms with Crippen LogP contribution in [0.1, 0.15) is 78.1 Å². The topological polar surface area (TPSA) is 17.1 Å². The van der Waals surface area contributed by atoms with Crippen LogP contribution in [-0.2, 0) is 4.79 Å². The third-order valence-electron chi connectivity index (χ3n) is 5.81. The van der Waals surface area contributed by atoms with Gasteiger partial charge in [-0.2, -0.15) is 0 Å². The third kappa shape index (κ3) is 4.46. The molecule has 0 radical (unpaired) electrons. The van der Waals surface area contributed by atoms with Crippen molar-refractivity contribution >= 4 is 5.78 Å². The van der Waals surface area contributed by atoms with Crippen LogP contribution in [0, 0.1) is 23.7 Å². The summed E-state index contributed by atoms with van der Waals surface area (Å²) >= 11 is 0. The van der Waals surface area contributed by atoms with E-state index in [0.29, 0.717) is 17.6 Å². The zero-order chi connectivity index (χ0) is 14.4. The minimum absolute atomic E-state index is 0.329. The molecule has 0 aromatic rings. The number of carbonyl (C=O) groups excluding carboxylic acids is 1. The molecule has 0 bridgehead atoms. The van der Waals surface area contributed by atoms with Crippen LogP contribution in [0.25, 0.3) is 0 Å². The highest BCUT2D eigenvalue weighted by Crippen LogP contribution is 2.35. The van der Waals surface area contributed by atoms with Crippen molar-refractivity contribution in [3.05, 3.63) is 12.2 Å². The molecule has 2 saturated carbocycles. The van der Waals surface area contributed by atoms with E-state index in [4.69, 9.17) is 0 Å². The Labute approximate surface area is 125 Å². The number of rotatable bonds is 5. The summed E-state index contributed by atoms with van der Waals surface area (Å²) in [5, 5.41) is 0. The summed E-state index contributed by atoms with van der Waals surface area (Å²) in [6.45, 7) is 4.66. The first-order chi connectivity index (χ1) is 9.70. The van der Waals surface area contributed by atoms with Gasteiger partial charge in [-0.25, -0.2) is 0 Å². The van der Waals surface area contributed by atoms with Gasteiger partial charge in [0.25, 0.3) is 0 Å². The van der Waals surface area contributed by atoms with Crippen LogP contribution < -0.4 is 0 Å². The van der Waals surface area contributed by atoms with E-state index in [1.54, 1.807) is 0 Å². The van der Waals surface area contributed by atoms with Crippen molar-refractivity contribution in [2.45, 2.75) is 78.1 Å². The van der Waals surface area contributed by atoms with E-state index in [1.165, 1.54) is 51.4 Å². The molecule has 114 valence electrons. The van der Waals surface area contributed by atoms with Gasteiger partial charge >= 0.3 is 0 Å². The Kier molecular flexibility index (Phi) is 6.32. The maximum atomic E-state index is 12.3. The minimum Gasteiger partial charge on any atom is -0.295 e. The lowest BCUT2D eigenvalue weighted by Gasteiger charge is -2.30. The summed E-state index contributed by atoms with van der Waals surface area (Å²) in [4.78, 5) is 12.3. The second-order valence-corrected chi connectivity index (χ2v) is 7.16. The molecule has 2 aliphatic carbocycles. The zero-order valence-electron chi connectivity index (χ0n) is 13.4. The Bertz CT molecular complexity index is 317. The van der Waals surface area contributed by atoms with E-state index >= 15 is 0 Å². The van der Waals surface area contributed by atoms with Crippen LogP contribution in [0.3, 0.4) is 0 Å². The predicted octanol–water partition coefficient (Wildman–Crippen LogP) is 5.54. The molecular formula is C19H32O. The molecule has 1 unspecified atom stereocenters. The van der Waals surface area contributed by atoms with E-state index in [0.717, 1.165) is 24.7 Å². The number of hydrogen-bond acceptors (Lipinski definition) is 1. The molecule has 0 aromatic heterocycles. The van der Waals surface area contributed by atoms with E-state index in [-0.39, 0.29) is 0 Å². The Morgan fingerprint density at radius 2 is 1.70 bits per heavy atom. The molecule has 1 nitrogen and oxygen atoms in total. The van der Waals surface area contributed by atoms with Gasteiger partial charge in [-0.1, -0.05) is 45.6 Å². The van der Waals surface area contributed by atoms with Crippen LogP contribution in [-0.4, -0.2) is 5.78 Å². The summed E-state index contributed by atoms with van der Waals surface area (Å²) in [6.07, 6.45) is 16.9. The van der Waals surface area contributed by atoms with Gasteiger partial charge < -0.3 is 0 Å². The summed E-state index contributed by atoms with van der Waals surface area (Å²) in [5.74, 6) is 3.13. The molecule has 0 saturated heterocycles. The molecule has 1 heteroatoms. The lowest BCUT2D eigenvalue weighted by molar-refractivity contribution is -0.119. The molecule has 0 N–H and O–H groups in total. The lowest BCUT2D eigenvalue weighted by atomic mass is 9.74. The smallest absolute Gasteiger partial charge is 0.158 e. The Balaban J connectivity index is 1.75. The average molecular weight is 276 g/mol. The second kappa shape index (κ2) is 8.00. The van der Waals surface area contributed by atoms with E-state index in [1.807, 2.05) is 6.08 Å². The number of allylic oxidation sites excluding steroid dienone is 2. The van der Waals surface area contributed by atoms with Crippen molar-refractivity contribution in [2.24, 2.45) is 23.7 Å². The Morgan fingerprint density at radius 1 is 1.05 bits per heavy atom. The van der Waals surface area contributed by atoms with Crippen LogP contribution >= 0.6 is 0 Å². The number of carbonyl (C=O) groups is 1. The molecule has 0 amide bonds. The Hall–Kier alpha value is -0.590. The van der Waals surface area contributed by atoms with Gasteiger partial charge in [0.05, 0.1) is 0 Å². The van der Waals surface area contributed by atoms with Crippen LogP contribution in [0.5, 0.6) is 0 Å². The predicted molar refractivity (Wildman–Crippen MR) is 85.6 cm³/mol. The van der Waals surface area contributed by atoms with Crippen molar-refractivity contribution < 1.29 is 4.79 Å². The van der Waals surface area contributed by atoms with Crippen molar-refractivity contribution in [3.8, 4) is 0 Å². The van der Waals surface area contributed by atoms with E-state index < -0.39 is 0 Å². The molecule has 2 fully saturated rings. The fourth-order valence-electron chi connectivity index (χ4n) is 4.00. The molecule has 0 aliphatic heterocycles. The van der Waals surface area contributed by atoms with Gasteiger partial charge in [0.1, 0.15) is 0 Å². The zero-order valence-corrected chi connectivity index (χ0v) is 13.4. The lowest BCUT2D eigenvalue weighted by Crippen LogP contribution is -2.24. The number of hydrogen-bond donors (Lipinski definition) is 0. The molecule has 1 atom stereocenters. The van der Waals surface area contributed by atoms with Crippen molar-refractivity contribution in [3.63, 3.8) is 0 Å². The largest absolute Gasteiger partial charge is 0.295 e. The molecule has 2 aliphatic rings.